The third kappa shape index (κ3) is 6.35. The number of fused-ring (bicyclic) bond motifs is 1. The van der Waals surface area contributed by atoms with Crippen LogP contribution >= 0.6 is 11.3 Å². The van der Waals surface area contributed by atoms with E-state index in [-0.39, 0.29) is 0 Å². The fourth-order valence-corrected chi connectivity index (χ4v) is 5.54. The average molecular weight is 503 g/mol. The highest BCUT2D eigenvalue weighted by molar-refractivity contribution is 7.18. The highest BCUT2D eigenvalue weighted by Gasteiger charge is 2.26. The lowest BCUT2D eigenvalue weighted by molar-refractivity contribution is -0.0367. The predicted molar refractivity (Wildman–Crippen MR) is 146 cm³/mol. The summed E-state index contributed by atoms with van der Waals surface area (Å²) in [4.78, 5) is 17.8. The number of ether oxygens (including phenoxy) is 1. The zero-order valence-electron chi connectivity index (χ0n) is 21.4. The van der Waals surface area contributed by atoms with Gasteiger partial charge in [-0.1, -0.05) is 37.3 Å². The van der Waals surface area contributed by atoms with Gasteiger partial charge in [0.05, 0.1) is 29.1 Å². The molecule has 1 aromatic carbocycles. The number of benzene rings is 1. The van der Waals surface area contributed by atoms with E-state index in [2.05, 4.69) is 56.8 Å². The second kappa shape index (κ2) is 12.2. The summed E-state index contributed by atoms with van der Waals surface area (Å²) in [6.07, 6.45) is 6.78. The molecule has 188 valence electrons. The van der Waals surface area contributed by atoms with E-state index in [1.54, 1.807) is 12.4 Å². The number of piperidine rings is 1. The lowest BCUT2D eigenvalue weighted by atomic mass is 10.1. The van der Waals surface area contributed by atoms with Crippen molar-refractivity contribution in [3.05, 3.63) is 70.6 Å². The first-order valence-corrected chi connectivity index (χ1v) is 13.2. The SMILES string of the molecule is C=C(C(C#N)c1nc2cnc(C)cc2s1)N(C)C(N=CC)OCc1cccc(CN2CCCCC2)c1. The van der Waals surface area contributed by atoms with Crippen LogP contribution in [0.15, 0.2) is 53.8 Å². The van der Waals surface area contributed by atoms with Gasteiger partial charge in [0.15, 0.2) is 0 Å². The van der Waals surface area contributed by atoms with Crippen LogP contribution in [-0.2, 0) is 17.9 Å². The molecule has 0 bridgehead atoms. The largest absolute Gasteiger partial charge is 0.334 e. The summed E-state index contributed by atoms with van der Waals surface area (Å²) in [6, 6.07) is 12.9. The van der Waals surface area contributed by atoms with Gasteiger partial charge in [0.2, 0.25) is 6.35 Å². The van der Waals surface area contributed by atoms with Gasteiger partial charge in [-0.15, -0.1) is 11.3 Å². The number of pyridine rings is 1. The van der Waals surface area contributed by atoms with Crippen molar-refractivity contribution in [1.29, 1.82) is 5.26 Å². The van der Waals surface area contributed by atoms with Crippen molar-refractivity contribution in [1.82, 2.24) is 19.8 Å². The number of aryl methyl sites for hydroxylation is 1. The summed E-state index contributed by atoms with van der Waals surface area (Å²) < 4.78 is 7.23. The Kier molecular flexibility index (Phi) is 8.81. The van der Waals surface area contributed by atoms with Crippen LogP contribution in [0, 0.1) is 18.3 Å². The molecule has 36 heavy (non-hydrogen) atoms. The van der Waals surface area contributed by atoms with Gasteiger partial charge >= 0.3 is 0 Å². The van der Waals surface area contributed by atoms with Crippen LogP contribution < -0.4 is 0 Å². The Morgan fingerprint density at radius 2 is 2.08 bits per heavy atom. The number of nitrogens with zero attached hydrogens (tertiary/aromatic N) is 6. The van der Waals surface area contributed by atoms with Crippen LogP contribution in [0.2, 0.25) is 0 Å². The number of likely N-dealkylation sites (tertiary alicyclic amines) is 1. The van der Waals surface area contributed by atoms with Crippen molar-refractivity contribution < 1.29 is 4.74 Å². The molecule has 2 atom stereocenters. The maximum absolute atomic E-state index is 9.99. The van der Waals surface area contributed by atoms with E-state index in [0.29, 0.717) is 17.3 Å². The molecular weight excluding hydrogens is 468 g/mol. The summed E-state index contributed by atoms with van der Waals surface area (Å²) in [6.45, 7) is 11.8. The number of hydrogen-bond donors (Lipinski definition) is 0. The van der Waals surface area contributed by atoms with E-state index in [9.17, 15) is 5.26 Å². The van der Waals surface area contributed by atoms with Gasteiger partial charge in [-0.2, -0.15) is 5.26 Å². The van der Waals surface area contributed by atoms with Gasteiger partial charge in [0, 0.05) is 31.2 Å². The number of thiazole rings is 1. The molecule has 1 aliphatic heterocycles. The molecule has 4 rings (SSSR count). The highest BCUT2D eigenvalue weighted by atomic mass is 32.1. The van der Waals surface area contributed by atoms with Crippen molar-refractivity contribution in [3.8, 4) is 6.07 Å². The van der Waals surface area contributed by atoms with Crippen molar-refractivity contribution in [2.75, 3.05) is 20.1 Å². The standard InChI is InChI=1S/C28H34N6OS/c1-5-30-28(35-19-23-11-9-10-22(15-23)18-34-12-7-6-8-13-34)33(4)21(3)24(16-29)27-32-25-17-31-20(2)14-26(25)36-27/h5,9-11,14-15,17,24,28H,3,6-8,12-13,18-19H2,1-2,4H3. The summed E-state index contributed by atoms with van der Waals surface area (Å²) in [5.41, 5.74) is 4.71. The molecule has 3 aromatic rings. The van der Waals surface area contributed by atoms with Gasteiger partial charge in [0.25, 0.3) is 0 Å². The van der Waals surface area contributed by atoms with Gasteiger partial charge < -0.3 is 9.64 Å². The Hall–Kier alpha value is -3.12. The summed E-state index contributed by atoms with van der Waals surface area (Å²) in [5.74, 6) is -0.598. The molecule has 0 spiro atoms. The molecule has 3 heterocycles. The summed E-state index contributed by atoms with van der Waals surface area (Å²) in [7, 11) is 1.86. The summed E-state index contributed by atoms with van der Waals surface area (Å²) in [5, 5.41) is 10.7. The minimum atomic E-state index is -0.598. The molecule has 0 saturated carbocycles. The fourth-order valence-electron chi connectivity index (χ4n) is 4.44. The van der Waals surface area contributed by atoms with Crippen LogP contribution in [0.3, 0.4) is 0 Å². The van der Waals surface area contributed by atoms with Crippen LogP contribution in [0.25, 0.3) is 10.2 Å². The van der Waals surface area contributed by atoms with E-state index in [4.69, 9.17) is 4.74 Å². The first kappa shape index (κ1) is 26.0. The molecule has 8 heteroatoms. The molecule has 0 aliphatic carbocycles. The van der Waals surface area contributed by atoms with Crippen molar-refractivity contribution >= 4 is 27.8 Å². The lowest BCUT2D eigenvalue weighted by Crippen LogP contribution is -2.33. The van der Waals surface area contributed by atoms with E-state index < -0.39 is 12.3 Å². The highest BCUT2D eigenvalue weighted by Crippen LogP contribution is 2.33. The second-order valence-corrected chi connectivity index (χ2v) is 10.3. The zero-order chi connectivity index (χ0) is 25.5. The molecule has 0 amide bonds. The van der Waals surface area contributed by atoms with Gasteiger partial charge in [-0.25, -0.2) is 9.98 Å². The lowest BCUT2D eigenvalue weighted by Gasteiger charge is -2.30. The predicted octanol–water partition coefficient (Wildman–Crippen LogP) is 5.63. The Morgan fingerprint density at radius 3 is 2.83 bits per heavy atom. The Labute approximate surface area is 217 Å². The van der Waals surface area contributed by atoms with Gasteiger partial charge in [-0.05, 0) is 57.0 Å². The molecule has 0 N–H and O–H groups in total. The Bertz CT molecular complexity index is 1260. The second-order valence-electron chi connectivity index (χ2n) is 9.21. The minimum Gasteiger partial charge on any atom is -0.334 e. The molecule has 2 unspecified atom stereocenters. The number of aliphatic imine (C=N–C) groups is 1. The fraction of sp³-hybridized carbons (Fsp3) is 0.429. The molecule has 1 fully saturated rings. The first-order chi connectivity index (χ1) is 17.5. The van der Waals surface area contributed by atoms with Crippen molar-refractivity contribution in [2.45, 2.75) is 58.5 Å². The van der Waals surface area contributed by atoms with Crippen molar-refractivity contribution in [3.63, 3.8) is 0 Å². The topological polar surface area (TPSA) is 77.6 Å². The monoisotopic (exact) mass is 502 g/mol. The van der Waals surface area contributed by atoms with Crippen LogP contribution in [-0.4, -0.2) is 52.5 Å². The Balaban J connectivity index is 1.43. The average Bonchev–Trinajstić information content (AvgIpc) is 3.30. The van der Waals surface area contributed by atoms with Crippen LogP contribution in [0.5, 0.6) is 0 Å². The van der Waals surface area contributed by atoms with Crippen LogP contribution in [0.1, 0.15) is 53.9 Å². The Morgan fingerprint density at radius 1 is 1.31 bits per heavy atom. The normalized spacial score (nSPS) is 16.2. The quantitative estimate of drug-likeness (QED) is 0.264. The van der Waals surface area contributed by atoms with Gasteiger partial charge in [0.1, 0.15) is 10.9 Å². The molecule has 7 nitrogen and oxygen atoms in total. The molecule has 1 saturated heterocycles. The van der Waals surface area contributed by atoms with E-state index in [1.165, 1.54) is 49.3 Å². The maximum Gasteiger partial charge on any atom is 0.227 e. The van der Waals surface area contributed by atoms with E-state index in [1.807, 2.05) is 31.9 Å². The molecular formula is C28H34N6OS. The molecule has 1 aliphatic rings. The number of aromatic nitrogens is 2. The molecule has 0 radical (unpaired) electrons. The zero-order valence-corrected chi connectivity index (χ0v) is 22.2. The number of allylic oxidation sites excluding steroid dienone is 1. The van der Waals surface area contributed by atoms with Crippen molar-refractivity contribution in [2.24, 2.45) is 4.99 Å². The number of hydrogen-bond acceptors (Lipinski definition) is 8. The number of rotatable bonds is 10. The van der Waals surface area contributed by atoms with Crippen LogP contribution in [0.4, 0.5) is 0 Å². The third-order valence-electron chi connectivity index (χ3n) is 6.44. The minimum absolute atomic E-state index is 0.413. The molecule has 2 aromatic heterocycles. The summed E-state index contributed by atoms with van der Waals surface area (Å²) >= 11 is 1.50. The first-order valence-electron chi connectivity index (χ1n) is 12.4. The van der Waals surface area contributed by atoms with Gasteiger partial charge in [-0.3, -0.25) is 9.88 Å². The maximum atomic E-state index is 9.99. The number of likely N-dealkylation sites (N-methyl/N-ethyl adjacent to an activating group) is 1. The van der Waals surface area contributed by atoms with E-state index in [0.717, 1.165) is 28.0 Å². The third-order valence-corrected chi connectivity index (χ3v) is 7.53. The van der Waals surface area contributed by atoms with E-state index >= 15 is 0 Å². The number of nitriles is 1. The smallest absolute Gasteiger partial charge is 0.227 e.